The van der Waals surface area contributed by atoms with Crippen LogP contribution in [0.4, 0.5) is 0 Å². The molecule has 0 radical (unpaired) electrons. The molecule has 2 aliphatic rings. The maximum absolute atomic E-state index is 12.1. The molecule has 1 aromatic carbocycles. The van der Waals surface area contributed by atoms with Gasteiger partial charge in [-0.3, -0.25) is 0 Å². The molecule has 3 rings (SSSR count). The number of fused-ring (bicyclic) bond motifs is 2. The summed E-state index contributed by atoms with van der Waals surface area (Å²) < 4.78 is 31.2. The molecular weight excluding hydrogens is 278 g/mol. The van der Waals surface area contributed by atoms with Crippen molar-refractivity contribution in [2.24, 2.45) is 0 Å². The molecule has 1 atom stereocenters. The number of benzene rings is 1. The smallest absolute Gasteiger partial charge is 0.339 e. The van der Waals surface area contributed by atoms with Crippen molar-refractivity contribution in [3.8, 4) is 0 Å². The van der Waals surface area contributed by atoms with Gasteiger partial charge in [0.25, 0.3) is 0 Å². The van der Waals surface area contributed by atoms with Crippen LogP contribution in [-0.2, 0) is 20.4 Å². The summed E-state index contributed by atoms with van der Waals surface area (Å²) in [7, 11) is -3.26. The second-order valence-corrected chi connectivity index (χ2v) is 7.52. The van der Waals surface area contributed by atoms with Gasteiger partial charge in [0.15, 0.2) is 5.60 Å². The van der Waals surface area contributed by atoms with Crippen molar-refractivity contribution in [3.05, 3.63) is 35.4 Å². The van der Waals surface area contributed by atoms with E-state index in [0.717, 1.165) is 5.56 Å². The monoisotopic (exact) mass is 295 g/mol. The van der Waals surface area contributed by atoms with Crippen LogP contribution in [0.5, 0.6) is 0 Å². The summed E-state index contributed by atoms with van der Waals surface area (Å²) >= 11 is 0. The van der Waals surface area contributed by atoms with Gasteiger partial charge in [-0.25, -0.2) is 13.2 Å². The van der Waals surface area contributed by atoms with Gasteiger partial charge >= 0.3 is 5.97 Å². The normalized spacial score (nSPS) is 26.6. The third-order valence-electron chi connectivity index (χ3n) is 4.10. The number of esters is 1. The van der Waals surface area contributed by atoms with E-state index in [0.29, 0.717) is 24.9 Å². The fourth-order valence-electron chi connectivity index (χ4n) is 3.05. The Hall–Kier alpha value is -1.40. The predicted octanol–water partition coefficient (Wildman–Crippen LogP) is 1.50. The first-order valence-electron chi connectivity index (χ1n) is 6.79. The van der Waals surface area contributed by atoms with Crippen LogP contribution in [0.2, 0.25) is 0 Å². The first-order valence-corrected chi connectivity index (χ1v) is 8.40. The lowest BCUT2D eigenvalue weighted by Crippen LogP contribution is -2.49. The van der Waals surface area contributed by atoms with Crippen LogP contribution < -0.4 is 0 Å². The summed E-state index contributed by atoms with van der Waals surface area (Å²) in [5, 5.41) is 0. The van der Waals surface area contributed by atoms with Crippen molar-refractivity contribution in [1.82, 2.24) is 4.31 Å². The molecule has 6 heteroatoms. The molecule has 0 aromatic heterocycles. The molecule has 0 saturated carbocycles. The van der Waals surface area contributed by atoms with Crippen LogP contribution in [0.15, 0.2) is 24.3 Å². The number of carbonyl (C=O) groups excluding carboxylic acids is 1. The Balaban J connectivity index is 2.01. The van der Waals surface area contributed by atoms with Crippen LogP contribution in [0.25, 0.3) is 0 Å². The first kappa shape index (κ1) is 13.6. The maximum atomic E-state index is 12.1. The summed E-state index contributed by atoms with van der Waals surface area (Å²) in [5.41, 5.74) is 0.581. The summed E-state index contributed by atoms with van der Waals surface area (Å²) in [6.45, 7) is 2.36. The second-order valence-electron chi connectivity index (χ2n) is 5.27. The number of nitrogens with zero attached hydrogens (tertiary/aromatic N) is 1. The number of carbonyl (C=O) groups is 1. The van der Waals surface area contributed by atoms with Crippen molar-refractivity contribution in [3.63, 3.8) is 0 Å². The van der Waals surface area contributed by atoms with Crippen LogP contribution in [0, 0.1) is 0 Å². The van der Waals surface area contributed by atoms with Crippen LogP contribution in [0.3, 0.4) is 0 Å². The molecule has 0 aliphatic carbocycles. The standard InChI is InChI=1S/C14H17NO4S/c1-2-20(17,18)15-9-5-8-14(10-15)12-7-4-3-6-11(12)13(16)19-14/h3-4,6-7H,2,5,8-10H2,1H3. The Labute approximate surface area is 118 Å². The minimum atomic E-state index is -3.26. The van der Waals surface area contributed by atoms with Gasteiger partial charge in [0.2, 0.25) is 10.0 Å². The van der Waals surface area contributed by atoms with E-state index in [-0.39, 0.29) is 18.3 Å². The molecule has 2 heterocycles. The molecular formula is C14H17NO4S. The first-order chi connectivity index (χ1) is 9.48. The SMILES string of the molecule is CCS(=O)(=O)N1CCCC2(C1)OC(=O)c1ccccc12. The Bertz CT molecular complexity index is 655. The highest BCUT2D eigenvalue weighted by molar-refractivity contribution is 7.89. The van der Waals surface area contributed by atoms with E-state index in [1.54, 1.807) is 19.1 Å². The number of piperidine rings is 1. The fraction of sp³-hybridized carbons (Fsp3) is 0.500. The molecule has 108 valence electrons. The average Bonchev–Trinajstić information content (AvgIpc) is 2.72. The van der Waals surface area contributed by atoms with Crippen molar-refractivity contribution >= 4 is 16.0 Å². The summed E-state index contributed by atoms with van der Waals surface area (Å²) in [6.07, 6.45) is 1.37. The average molecular weight is 295 g/mol. The van der Waals surface area contributed by atoms with Crippen LogP contribution >= 0.6 is 0 Å². The molecule has 0 N–H and O–H groups in total. The van der Waals surface area contributed by atoms with Crippen LogP contribution in [-0.4, -0.2) is 37.5 Å². The zero-order valence-corrected chi connectivity index (χ0v) is 12.1. The minimum absolute atomic E-state index is 0.0681. The zero-order chi connectivity index (χ0) is 14.4. The summed E-state index contributed by atoms with van der Waals surface area (Å²) in [5.74, 6) is -0.282. The van der Waals surface area contributed by atoms with E-state index < -0.39 is 15.6 Å². The number of hydrogen-bond donors (Lipinski definition) is 0. The van der Waals surface area contributed by atoms with Crippen molar-refractivity contribution in [1.29, 1.82) is 0 Å². The molecule has 1 fully saturated rings. The molecule has 1 spiro atoms. The Morgan fingerprint density at radius 3 is 2.85 bits per heavy atom. The number of ether oxygens (including phenoxy) is 1. The van der Waals surface area contributed by atoms with E-state index in [2.05, 4.69) is 0 Å². The van der Waals surface area contributed by atoms with Gasteiger partial charge in [-0.1, -0.05) is 18.2 Å². The fourth-order valence-corrected chi connectivity index (χ4v) is 4.23. The summed E-state index contributed by atoms with van der Waals surface area (Å²) in [6, 6.07) is 7.25. The Kier molecular flexibility index (Phi) is 3.10. The highest BCUT2D eigenvalue weighted by atomic mass is 32.2. The lowest BCUT2D eigenvalue weighted by Gasteiger charge is -2.38. The van der Waals surface area contributed by atoms with Crippen molar-refractivity contribution < 1.29 is 17.9 Å². The number of rotatable bonds is 2. The largest absolute Gasteiger partial charge is 0.449 e. The molecule has 20 heavy (non-hydrogen) atoms. The quantitative estimate of drug-likeness (QED) is 0.776. The highest BCUT2D eigenvalue weighted by Gasteiger charge is 2.49. The van der Waals surface area contributed by atoms with E-state index in [9.17, 15) is 13.2 Å². The third kappa shape index (κ3) is 1.94. The van der Waals surface area contributed by atoms with Gasteiger partial charge in [-0.2, -0.15) is 4.31 Å². The highest BCUT2D eigenvalue weighted by Crippen LogP contribution is 2.43. The van der Waals surface area contributed by atoms with E-state index in [4.69, 9.17) is 4.74 Å². The lowest BCUT2D eigenvalue weighted by molar-refractivity contribution is -0.0345. The molecule has 2 aliphatic heterocycles. The van der Waals surface area contributed by atoms with Crippen molar-refractivity contribution in [2.75, 3.05) is 18.8 Å². The third-order valence-corrected chi connectivity index (χ3v) is 5.93. The Morgan fingerprint density at radius 1 is 1.35 bits per heavy atom. The van der Waals surface area contributed by atoms with Gasteiger partial charge < -0.3 is 4.74 Å². The van der Waals surface area contributed by atoms with Gasteiger partial charge in [0.05, 0.1) is 17.9 Å². The lowest BCUT2D eigenvalue weighted by atomic mass is 9.86. The van der Waals surface area contributed by atoms with Gasteiger partial charge in [-0.05, 0) is 25.8 Å². The van der Waals surface area contributed by atoms with Gasteiger partial charge in [-0.15, -0.1) is 0 Å². The molecule has 0 bridgehead atoms. The van der Waals surface area contributed by atoms with E-state index >= 15 is 0 Å². The van der Waals surface area contributed by atoms with E-state index in [1.165, 1.54) is 4.31 Å². The predicted molar refractivity (Wildman–Crippen MR) is 73.8 cm³/mol. The topological polar surface area (TPSA) is 63.7 Å². The molecule has 1 unspecified atom stereocenters. The van der Waals surface area contributed by atoms with Gasteiger partial charge in [0, 0.05) is 12.1 Å². The zero-order valence-electron chi connectivity index (χ0n) is 11.3. The molecule has 5 nitrogen and oxygen atoms in total. The van der Waals surface area contributed by atoms with E-state index in [1.807, 2.05) is 12.1 Å². The van der Waals surface area contributed by atoms with Crippen molar-refractivity contribution in [2.45, 2.75) is 25.4 Å². The number of sulfonamides is 1. The Morgan fingerprint density at radius 2 is 2.10 bits per heavy atom. The summed E-state index contributed by atoms with van der Waals surface area (Å²) in [4.78, 5) is 12.0. The second kappa shape index (κ2) is 4.56. The minimum Gasteiger partial charge on any atom is -0.449 e. The van der Waals surface area contributed by atoms with Gasteiger partial charge in [0.1, 0.15) is 0 Å². The van der Waals surface area contributed by atoms with Crippen LogP contribution in [0.1, 0.15) is 35.7 Å². The number of hydrogen-bond acceptors (Lipinski definition) is 4. The maximum Gasteiger partial charge on any atom is 0.339 e. The molecule has 1 saturated heterocycles. The molecule has 0 amide bonds. The molecule has 1 aromatic rings.